The van der Waals surface area contributed by atoms with Crippen molar-refractivity contribution in [3.63, 3.8) is 0 Å². The smallest absolute Gasteiger partial charge is 0.307 e. The number of hydrogen-bond acceptors (Lipinski definition) is 3. The Kier molecular flexibility index (Phi) is 3.55. The highest BCUT2D eigenvalue weighted by molar-refractivity contribution is 5.69. The summed E-state index contributed by atoms with van der Waals surface area (Å²) in [5.74, 6) is -0.221. The molecule has 1 aromatic heterocycles. The van der Waals surface area contributed by atoms with Gasteiger partial charge in [0.05, 0.1) is 25.8 Å². The fourth-order valence-electron chi connectivity index (χ4n) is 1.56. The van der Waals surface area contributed by atoms with Gasteiger partial charge >= 0.3 is 5.97 Å². The van der Waals surface area contributed by atoms with Crippen molar-refractivity contribution in [1.29, 1.82) is 0 Å². The first kappa shape index (κ1) is 11.4. The average Bonchev–Trinajstić information content (AvgIpc) is 2.86. The van der Waals surface area contributed by atoms with E-state index in [0.717, 1.165) is 11.3 Å². The van der Waals surface area contributed by atoms with Crippen LogP contribution < -0.4 is 0 Å². The highest BCUT2D eigenvalue weighted by atomic mass is 16.5. The number of carbonyl (C=O) groups excluding carboxylic acids is 1. The van der Waals surface area contributed by atoms with Gasteiger partial charge in [-0.25, -0.2) is 0 Å². The minimum absolute atomic E-state index is 0.221. The van der Waals surface area contributed by atoms with Crippen molar-refractivity contribution >= 4 is 5.97 Å². The minimum Gasteiger partial charge on any atom is -0.469 e. The van der Waals surface area contributed by atoms with Gasteiger partial charge in [-0.05, 0) is 6.07 Å². The summed E-state index contributed by atoms with van der Waals surface area (Å²) in [4.78, 5) is 11.0. The van der Waals surface area contributed by atoms with Gasteiger partial charge in [-0.2, -0.15) is 5.10 Å². The normalized spacial score (nSPS) is 10.2. The van der Waals surface area contributed by atoms with Crippen molar-refractivity contribution in [3.05, 3.63) is 42.6 Å². The van der Waals surface area contributed by atoms with Crippen LogP contribution in [0.5, 0.6) is 0 Å². The Morgan fingerprint density at radius 2 is 2.06 bits per heavy atom. The van der Waals surface area contributed by atoms with Crippen molar-refractivity contribution in [2.45, 2.75) is 13.0 Å². The molecular formula is C13H14N2O2. The molecule has 0 saturated carbocycles. The molecule has 2 rings (SSSR count). The molecule has 1 heterocycles. The number of benzene rings is 1. The number of ether oxygens (including phenoxy) is 1. The van der Waals surface area contributed by atoms with E-state index in [1.807, 2.05) is 42.6 Å². The van der Waals surface area contributed by atoms with Crippen LogP contribution in [-0.4, -0.2) is 22.9 Å². The maximum atomic E-state index is 11.0. The van der Waals surface area contributed by atoms with Crippen molar-refractivity contribution in [2.75, 3.05) is 7.11 Å². The third-order valence-electron chi connectivity index (χ3n) is 2.48. The lowest BCUT2D eigenvalue weighted by molar-refractivity contribution is -0.140. The Balaban J connectivity index is 2.04. The highest BCUT2D eigenvalue weighted by Crippen LogP contribution is 2.15. The van der Waals surface area contributed by atoms with Crippen LogP contribution in [0.15, 0.2) is 42.6 Å². The molecule has 0 bridgehead atoms. The second-order valence-electron chi connectivity index (χ2n) is 3.66. The van der Waals surface area contributed by atoms with Crippen molar-refractivity contribution in [1.82, 2.24) is 9.78 Å². The lowest BCUT2D eigenvalue weighted by atomic mass is 10.2. The lowest BCUT2D eigenvalue weighted by Crippen LogP contribution is -2.07. The van der Waals surface area contributed by atoms with Crippen LogP contribution in [-0.2, 0) is 16.1 Å². The molecule has 0 amide bonds. The number of hydrogen-bond donors (Lipinski definition) is 0. The Bertz CT molecular complexity index is 491. The molecular weight excluding hydrogens is 216 g/mol. The SMILES string of the molecule is COC(=O)CCn1ccc(-c2ccccc2)n1. The van der Waals surface area contributed by atoms with Crippen LogP contribution in [0, 0.1) is 0 Å². The molecule has 4 nitrogen and oxygen atoms in total. The molecule has 0 unspecified atom stereocenters. The van der Waals surface area contributed by atoms with E-state index in [1.165, 1.54) is 7.11 Å². The third-order valence-corrected chi connectivity index (χ3v) is 2.48. The van der Waals surface area contributed by atoms with Crippen molar-refractivity contribution < 1.29 is 9.53 Å². The number of carbonyl (C=O) groups is 1. The predicted octanol–water partition coefficient (Wildman–Crippen LogP) is 2.11. The number of aromatic nitrogens is 2. The van der Waals surface area contributed by atoms with Gasteiger partial charge in [-0.15, -0.1) is 0 Å². The Morgan fingerprint density at radius 1 is 1.29 bits per heavy atom. The zero-order valence-corrected chi connectivity index (χ0v) is 9.67. The van der Waals surface area contributed by atoms with E-state index in [2.05, 4.69) is 9.84 Å². The molecule has 0 aliphatic carbocycles. The second kappa shape index (κ2) is 5.30. The summed E-state index contributed by atoms with van der Waals surface area (Å²) in [5, 5.41) is 4.40. The van der Waals surface area contributed by atoms with Gasteiger partial charge in [0.2, 0.25) is 0 Å². The Morgan fingerprint density at radius 3 is 2.76 bits per heavy atom. The third kappa shape index (κ3) is 2.93. The van der Waals surface area contributed by atoms with E-state index >= 15 is 0 Å². The van der Waals surface area contributed by atoms with Gasteiger partial charge in [-0.3, -0.25) is 9.48 Å². The summed E-state index contributed by atoms with van der Waals surface area (Å²) in [6, 6.07) is 11.9. The maximum absolute atomic E-state index is 11.0. The molecule has 4 heteroatoms. The van der Waals surface area contributed by atoms with Crippen LogP contribution >= 0.6 is 0 Å². The predicted molar refractivity (Wildman–Crippen MR) is 64.3 cm³/mol. The monoisotopic (exact) mass is 230 g/mol. The van der Waals surface area contributed by atoms with Crippen LogP contribution in [0.4, 0.5) is 0 Å². The fraction of sp³-hybridized carbons (Fsp3) is 0.231. The minimum atomic E-state index is -0.221. The van der Waals surface area contributed by atoms with Crippen LogP contribution in [0.3, 0.4) is 0 Å². The quantitative estimate of drug-likeness (QED) is 0.755. The number of rotatable bonds is 4. The van der Waals surface area contributed by atoms with E-state index in [9.17, 15) is 4.79 Å². The summed E-state index contributed by atoms with van der Waals surface area (Å²) < 4.78 is 6.33. The first-order chi connectivity index (χ1) is 8.29. The lowest BCUT2D eigenvalue weighted by Gasteiger charge is -2.00. The first-order valence-electron chi connectivity index (χ1n) is 5.45. The van der Waals surface area contributed by atoms with Crippen molar-refractivity contribution in [2.24, 2.45) is 0 Å². The second-order valence-corrected chi connectivity index (χ2v) is 3.66. The summed E-state index contributed by atoms with van der Waals surface area (Å²) >= 11 is 0. The fourth-order valence-corrected chi connectivity index (χ4v) is 1.56. The van der Waals surface area contributed by atoms with Crippen LogP contribution in [0.1, 0.15) is 6.42 Å². The molecule has 0 radical (unpaired) electrons. The molecule has 1 aromatic carbocycles. The van der Waals surface area contributed by atoms with E-state index in [-0.39, 0.29) is 5.97 Å². The summed E-state index contributed by atoms with van der Waals surface area (Å²) in [7, 11) is 1.39. The van der Waals surface area contributed by atoms with Crippen molar-refractivity contribution in [3.8, 4) is 11.3 Å². The van der Waals surface area contributed by atoms with E-state index < -0.39 is 0 Å². The summed E-state index contributed by atoms with van der Waals surface area (Å²) in [5.41, 5.74) is 1.99. The molecule has 0 fully saturated rings. The molecule has 0 atom stereocenters. The maximum Gasteiger partial charge on any atom is 0.307 e. The largest absolute Gasteiger partial charge is 0.469 e. The number of aryl methyl sites for hydroxylation is 1. The van der Waals surface area contributed by atoms with E-state index in [0.29, 0.717) is 13.0 Å². The van der Waals surface area contributed by atoms with Gasteiger partial charge < -0.3 is 4.74 Å². The summed E-state index contributed by atoms with van der Waals surface area (Å²) in [6.07, 6.45) is 2.21. The van der Waals surface area contributed by atoms with Gasteiger partial charge in [-0.1, -0.05) is 30.3 Å². The van der Waals surface area contributed by atoms with Gasteiger partial charge in [0.25, 0.3) is 0 Å². The Hall–Kier alpha value is -2.10. The number of nitrogens with zero attached hydrogens (tertiary/aromatic N) is 2. The molecule has 0 aliphatic rings. The van der Waals surface area contributed by atoms with E-state index in [1.54, 1.807) is 4.68 Å². The number of methoxy groups -OCH3 is 1. The topological polar surface area (TPSA) is 44.1 Å². The standard InChI is InChI=1S/C13H14N2O2/c1-17-13(16)8-10-15-9-7-12(14-15)11-5-3-2-4-6-11/h2-7,9H,8,10H2,1H3. The van der Waals surface area contributed by atoms with Crippen LogP contribution in [0.2, 0.25) is 0 Å². The molecule has 0 aliphatic heterocycles. The zero-order valence-electron chi connectivity index (χ0n) is 9.67. The Labute approximate surface area is 99.8 Å². The summed E-state index contributed by atoms with van der Waals surface area (Å²) in [6.45, 7) is 0.541. The van der Waals surface area contributed by atoms with Gasteiger partial charge in [0.1, 0.15) is 0 Å². The zero-order chi connectivity index (χ0) is 12.1. The molecule has 88 valence electrons. The molecule has 17 heavy (non-hydrogen) atoms. The van der Waals surface area contributed by atoms with Gasteiger partial charge in [0, 0.05) is 11.8 Å². The number of esters is 1. The van der Waals surface area contributed by atoms with Crippen LogP contribution in [0.25, 0.3) is 11.3 Å². The molecule has 2 aromatic rings. The molecule has 0 N–H and O–H groups in total. The molecule has 0 spiro atoms. The highest BCUT2D eigenvalue weighted by Gasteiger charge is 2.04. The average molecular weight is 230 g/mol. The van der Waals surface area contributed by atoms with E-state index in [4.69, 9.17) is 0 Å². The molecule has 0 saturated heterocycles. The van der Waals surface area contributed by atoms with Gasteiger partial charge in [0.15, 0.2) is 0 Å². The first-order valence-corrected chi connectivity index (χ1v) is 5.45.